The Hall–Kier alpha value is -1.22. The fraction of sp³-hybridized carbons (Fsp3) is 0.667. The van der Waals surface area contributed by atoms with E-state index in [0.29, 0.717) is 12.0 Å². The Balaban J connectivity index is 1.90. The van der Waals surface area contributed by atoms with Crippen molar-refractivity contribution in [1.29, 1.82) is 0 Å². The van der Waals surface area contributed by atoms with Crippen molar-refractivity contribution < 1.29 is 9.47 Å². The standard InChI is InChI=1S/C18H29NO2/c1-4-6-10-21-17-8-7-14(13-18(17)20-3)15-11-16(12-15)19-9-5-2/h7-8,13,15-16,19H,4-6,9-12H2,1-3H3. The zero-order chi connectivity index (χ0) is 15.1. The molecule has 0 spiro atoms. The number of hydrogen-bond acceptors (Lipinski definition) is 3. The van der Waals surface area contributed by atoms with Crippen molar-refractivity contribution in [2.45, 2.75) is 57.9 Å². The number of ether oxygens (including phenoxy) is 2. The van der Waals surface area contributed by atoms with Gasteiger partial charge in [0.15, 0.2) is 11.5 Å². The van der Waals surface area contributed by atoms with Crippen LogP contribution < -0.4 is 14.8 Å². The van der Waals surface area contributed by atoms with Crippen molar-refractivity contribution in [1.82, 2.24) is 5.32 Å². The molecular formula is C18H29NO2. The molecule has 0 radical (unpaired) electrons. The van der Waals surface area contributed by atoms with Gasteiger partial charge in [0.2, 0.25) is 0 Å². The van der Waals surface area contributed by atoms with Crippen molar-refractivity contribution in [3.63, 3.8) is 0 Å². The molecule has 0 atom stereocenters. The molecule has 1 aliphatic carbocycles. The van der Waals surface area contributed by atoms with Crippen LogP contribution in [0.3, 0.4) is 0 Å². The van der Waals surface area contributed by atoms with Gasteiger partial charge in [0.05, 0.1) is 13.7 Å². The summed E-state index contributed by atoms with van der Waals surface area (Å²) in [6, 6.07) is 7.12. The van der Waals surface area contributed by atoms with E-state index in [-0.39, 0.29) is 0 Å². The van der Waals surface area contributed by atoms with Crippen LogP contribution >= 0.6 is 0 Å². The summed E-state index contributed by atoms with van der Waals surface area (Å²) in [4.78, 5) is 0. The van der Waals surface area contributed by atoms with Crippen LogP contribution in [-0.2, 0) is 0 Å². The van der Waals surface area contributed by atoms with E-state index in [1.54, 1.807) is 7.11 Å². The Morgan fingerprint density at radius 3 is 2.62 bits per heavy atom. The van der Waals surface area contributed by atoms with Crippen LogP contribution in [0.4, 0.5) is 0 Å². The average molecular weight is 291 g/mol. The van der Waals surface area contributed by atoms with Crippen molar-refractivity contribution in [2.75, 3.05) is 20.3 Å². The molecule has 1 saturated carbocycles. The molecule has 0 aromatic heterocycles. The maximum atomic E-state index is 5.79. The van der Waals surface area contributed by atoms with Gasteiger partial charge in [0.25, 0.3) is 0 Å². The number of methoxy groups -OCH3 is 1. The Morgan fingerprint density at radius 2 is 1.95 bits per heavy atom. The molecule has 1 aromatic rings. The van der Waals surface area contributed by atoms with Gasteiger partial charge in [-0.25, -0.2) is 0 Å². The van der Waals surface area contributed by atoms with Gasteiger partial charge < -0.3 is 14.8 Å². The molecule has 3 heteroatoms. The van der Waals surface area contributed by atoms with Gasteiger partial charge in [-0.1, -0.05) is 26.3 Å². The van der Waals surface area contributed by atoms with E-state index in [1.807, 2.05) is 0 Å². The molecule has 0 unspecified atom stereocenters. The molecular weight excluding hydrogens is 262 g/mol. The highest BCUT2D eigenvalue weighted by atomic mass is 16.5. The number of nitrogens with one attached hydrogen (secondary N) is 1. The van der Waals surface area contributed by atoms with Crippen LogP contribution in [0.1, 0.15) is 57.4 Å². The largest absolute Gasteiger partial charge is 0.493 e. The summed E-state index contributed by atoms with van der Waals surface area (Å²) in [5.74, 6) is 2.40. The van der Waals surface area contributed by atoms with Gasteiger partial charge in [0, 0.05) is 6.04 Å². The number of rotatable bonds is 9. The first-order chi connectivity index (χ1) is 10.3. The third-order valence-electron chi connectivity index (χ3n) is 4.24. The minimum absolute atomic E-state index is 0.665. The molecule has 1 aromatic carbocycles. The number of hydrogen-bond donors (Lipinski definition) is 1. The molecule has 0 amide bonds. The first-order valence-corrected chi connectivity index (χ1v) is 8.32. The lowest BCUT2D eigenvalue weighted by Gasteiger charge is -2.36. The second kappa shape index (κ2) is 8.28. The Kier molecular flexibility index (Phi) is 6.37. The average Bonchev–Trinajstić information content (AvgIpc) is 2.47. The second-order valence-corrected chi connectivity index (χ2v) is 5.93. The lowest BCUT2D eigenvalue weighted by atomic mass is 9.76. The highest BCUT2D eigenvalue weighted by molar-refractivity contribution is 5.44. The number of unbranched alkanes of at least 4 members (excludes halogenated alkanes) is 1. The lowest BCUT2D eigenvalue weighted by molar-refractivity contribution is 0.281. The minimum Gasteiger partial charge on any atom is -0.493 e. The summed E-state index contributed by atoms with van der Waals surface area (Å²) in [6.45, 7) is 6.28. The molecule has 3 nitrogen and oxygen atoms in total. The van der Waals surface area contributed by atoms with Gasteiger partial charge in [-0.2, -0.15) is 0 Å². The SMILES string of the molecule is CCCCOc1ccc(C2CC(NCCC)C2)cc1OC. The van der Waals surface area contributed by atoms with Crippen LogP contribution in [0.2, 0.25) is 0 Å². The number of benzene rings is 1. The Labute approximate surface area is 129 Å². The highest BCUT2D eigenvalue weighted by Gasteiger charge is 2.30. The Bertz CT molecular complexity index is 427. The second-order valence-electron chi connectivity index (χ2n) is 5.93. The maximum Gasteiger partial charge on any atom is 0.161 e. The van der Waals surface area contributed by atoms with Gasteiger partial charge in [-0.3, -0.25) is 0 Å². The normalized spacial score (nSPS) is 20.9. The van der Waals surface area contributed by atoms with Gasteiger partial charge in [-0.15, -0.1) is 0 Å². The van der Waals surface area contributed by atoms with Crippen LogP contribution in [0, 0.1) is 0 Å². The van der Waals surface area contributed by atoms with E-state index in [4.69, 9.17) is 9.47 Å². The molecule has 1 fully saturated rings. The topological polar surface area (TPSA) is 30.5 Å². The predicted molar refractivity (Wildman–Crippen MR) is 87.5 cm³/mol. The fourth-order valence-electron chi connectivity index (χ4n) is 2.79. The van der Waals surface area contributed by atoms with Crippen molar-refractivity contribution in [2.24, 2.45) is 0 Å². The monoisotopic (exact) mass is 291 g/mol. The predicted octanol–water partition coefficient (Wildman–Crippen LogP) is 4.12. The molecule has 0 heterocycles. The maximum absolute atomic E-state index is 5.79. The third kappa shape index (κ3) is 4.37. The van der Waals surface area contributed by atoms with Crippen LogP contribution in [0.15, 0.2) is 18.2 Å². The summed E-state index contributed by atoms with van der Waals surface area (Å²) in [5, 5.41) is 3.59. The summed E-state index contributed by atoms with van der Waals surface area (Å²) in [5.41, 5.74) is 1.38. The van der Waals surface area contributed by atoms with Crippen LogP contribution in [-0.4, -0.2) is 26.3 Å². The van der Waals surface area contributed by atoms with Gasteiger partial charge in [-0.05, 0) is 55.8 Å². The summed E-state index contributed by atoms with van der Waals surface area (Å²) >= 11 is 0. The van der Waals surface area contributed by atoms with E-state index in [2.05, 4.69) is 37.4 Å². The molecule has 21 heavy (non-hydrogen) atoms. The molecule has 118 valence electrons. The van der Waals surface area contributed by atoms with Crippen molar-refractivity contribution in [3.05, 3.63) is 23.8 Å². The summed E-state index contributed by atoms with van der Waals surface area (Å²) < 4.78 is 11.3. The van der Waals surface area contributed by atoms with E-state index in [0.717, 1.165) is 37.5 Å². The van der Waals surface area contributed by atoms with Crippen LogP contribution in [0.25, 0.3) is 0 Å². The zero-order valence-electron chi connectivity index (χ0n) is 13.7. The minimum atomic E-state index is 0.665. The Morgan fingerprint density at radius 1 is 1.14 bits per heavy atom. The van der Waals surface area contributed by atoms with E-state index in [1.165, 1.54) is 24.8 Å². The third-order valence-corrected chi connectivity index (χ3v) is 4.24. The van der Waals surface area contributed by atoms with Crippen molar-refractivity contribution in [3.8, 4) is 11.5 Å². The molecule has 1 aliphatic rings. The van der Waals surface area contributed by atoms with E-state index >= 15 is 0 Å². The van der Waals surface area contributed by atoms with Crippen molar-refractivity contribution >= 4 is 0 Å². The van der Waals surface area contributed by atoms with Gasteiger partial charge in [0.1, 0.15) is 0 Å². The quantitative estimate of drug-likeness (QED) is 0.694. The highest BCUT2D eigenvalue weighted by Crippen LogP contribution is 2.40. The summed E-state index contributed by atoms with van der Waals surface area (Å²) in [7, 11) is 1.72. The van der Waals surface area contributed by atoms with Gasteiger partial charge >= 0.3 is 0 Å². The molecule has 0 saturated heterocycles. The molecule has 0 aliphatic heterocycles. The molecule has 1 N–H and O–H groups in total. The summed E-state index contributed by atoms with van der Waals surface area (Å²) in [6.07, 6.45) is 5.91. The fourth-order valence-corrected chi connectivity index (χ4v) is 2.79. The van der Waals surface area contributed by atoms with Crippen LogP contribution in [0.5, 0.6) is 11.5 Å². The van der Waals surface area contributed by atoms with E-state index in [9.17, 15) is 0 Å². The first-order valence-electron chi connectivity index (χ1n) is 8.32. The molecule has 0 bridgehead atoms. The zero-order valence-corrected chi connectivity index (χ0v) is 13.7. The smallest absolute Gasteiger partial charge is 0.161 e. The lowest BCUT2D eigenvalue weighted by Crippen LogP contribution is -2.40. The van der Waals surface area contributed by atoms with E-state index < -0.39 is 0 Å². The molecule has 2 rings (SSSR count). The first kappa shape index (κ1) is 16.2.